The molecule has 0 spiro atoms. The van der Waals surface area contributed by atoms with Crippen molar-refractivity contribution in [2.24, 2.45) is 5.10 Å². The van der Waals surface area contributed by atoms with Crippen LogP contribution in [-0.2, 0) is 0 Å². The van der Waals surface area contributed by atoms with Gasteiger partial charge in [-0.1, -0.05) is 48.5 Å². The van der Waals surface area contributed by atoms with Gasteiger partial charge in [0.1, 0.15) is 6.73 Å². The number of hydrogen-bond donors (Lipinski definition) is 2. The van der Waals surface area contributed by atoms with Crippen molar-refractivity contribution in [1.82, 2.24) is 9.91 Å². The first kappa shape index (κ1) is 19.1. The molecule has 1 unspecified atom stereocenters. The van der Waals surface area contributed by atoms with E-state index in [-0.39, 0.29) is 25.3 Å². The number of nitrogens with zero attached hydrogens (tertiary/aromatic N) is 3. The molecule has 0 saturated carbocycles. The maximum absolute atomic E-state index is 13.2. The first-order valence-corrected chi connectivity index (χ1v) is 9.58. The van der Waals surface area contributed by atoms with E-state index in [4.69, 9.17) is 5.10 Å². The molecule has 0 fully saturated rings. The zero-order chi connectivity index (χ0) is 20.2. The van der Waals surface area contributed by atoms with Crippen molar-refractivity contribution in [2.45, 2.75) is 12.5 Å². The maximum Gasteiger partial charge on any atom is 0.274 e. The second-order valence-electron chi connectivity index (χ2n) is 7.11. The van der Waals surface area contributed by atoms with Crippen LogP contribution in [0, 0.1) is 0 Å². The van der Waals surface area contributed by atoms with Gasteiger partial charge >= 0.3 is 0 Å². The normalized spacial score (nSPS) is 19.0. The van der Waals surface area contributed by atoms with Crippen LogP contribution >= 0.6 is 0 Å². The number of hydrogen-bond acceptors (Lipinski definition) is 5. The van der Waals surface area contributed by atoms with Crippen molar-refractivity contribution in [2.75, 3.05) is 19.9 Å². The van der Waals surface area contributed by atoms with E-state index in [0.717, 1.165) is 16.8 Å². The highest BCUT2D eigenvalue weighted by molar-refractivity contribution is 6.05. The monoisotopic (exact) mass is 389 g/mol. The molecular formula is C23H23N3O3. The largest absolute Gasteiger partial charge is 0.392 e. The van der Waals surface area contributed by atoms with Crippen LogP contribution in [0.4, 0.5) is 0 Å². The molecule has 2 aromatic rings. The molecule has 29 heavy (non-hydrogen) atoms. The fourth-order valence-electron chi connectivity index (χ4n) is 3.70. The van der Waals surface area contributed by atoms with E-state index in [1.165, 1.54) is 0 Å². The summed E-state index contributed by atoms with van der Waals surface area (Å²) in [4.78, 5) is 14.9. The molecule has 148 valence electrons. The fraction of sp³-hybridized carbons (Fsp3) is 0.217. The van der Waals surface area contributed by atoms with Crippen molar-refractivity contribution in [3.63, 3.8) is 0 Å². The van der Waals surface area contributed by atoms with Gasteiger partial charge in [-0.15, -0.1) is 0 Å². The molecule has 0 aliphatic carbocycles. The molecule has 0 aromatic heterocycles. The third kappa shape index (κ3) is 3.99. The Hall–Kier alpha value is -3.22. The second kappa shape index (κ2) is 8.43. The average Bonchev–Trinajstić information content (AvgIpc) is 3.25. The van der Waals surface area contributed by atoms with E-state index < -0.39 is 0 Å². The van der Waals surface area contributed by atoms with Crippen molar-refractivity contribution in [3.8, 4) is 0 Å². The molecule has 0 saturated heterocycles. The topological polar surface area (TPSA) is 76.4 Å². The molecule has 2 N–H and O–H groups in total. The van der Waals surface area contributed by atoms with Crippen LogP contribution in [0.25, 0.3) is 0 Å². The van der Waals surface area contributed by atoms with Crippen LogP contribution in [0.15, 0.2) is 89.2 Å². The zero-order valence-corrected chi connectivity index (χ0v) is 16.0. The molecule has 2 aliphatic rings. The summed E-state index contributed by atoms with van der Waals surface area (Å²) in [6.45, 7) is 0.207. The number of hydrazone groups is 1. The van der Waals surface area contributed by atoms with Gasteiger partial charge in [0.2, 0.25) is 0 Å². The molecule has 2 aromatic carbocycles. The number of carbonyl (C=O) groups is 1. The fourth-order valence-corrected chi connectivity index (χ4v) is 3.70. The molecule has 4 rings (SSSR count). The van der Waals surface area contributed by atoms with Gasteiger partial charge in [0.05, 0.1) is 18.4 Å². The van der Waals surface area contributed by atoms with Crippen molar-refractivity contribution < 1.29 is 15.0 Å². The Morgan fingerprint density at radius 3 is 2.38 bits per heavy atom. The Labute approximate surface area is 169 Å². The van der Waals surface area contributed by atoms with Crippen molar-refractivity contribution >= 4 is 11.6 Å². The molecule has 0 bridgehead atoms. The van der Waals surface area contributed by atoms with Crippen LogP contribution in [0.3, 0.4) is 0 Å². The summed E-state index contributed by atoms with van der Waals surface area (Å²) < 4.78 is 0. The summed E-state index contributed by atoms with van der Waals surface area (Å²) in [7, 11) is 0. The van der Waals surface area contributed by atoms with Gasteiger partial charge in [-0.2, -0.15) is 5.10 Å². The predicted octanol–water partition coefficient (Wildman–Crippen LogP) is 2.70. The van der Waals surface area contributed by atoms with E-state index in [1.807, 2.05) is 54.6 Å². The number of aliphatic hydroxyl groups excluding tert-OH is 2. The van der Waals surface area contributed by atoms with Crippen LogP contribution in [-0.4, -0.2) is 51.6 Å². The SMILES string of the molecule is O=C(c1ccccc1)N1N=C(C2=CC(CO)=CN(CO)C2)CC1c1ccccc1. The highest BCUT2D eigenvalue weighted by Crippen LogP contribution is 2.34. The molecule has 1 atom stereocenters. The van der Waals surface area contributed by atoms with E-state index >= 15 is 0 Å². The molecular weight excluding hydrogens is 366 g/mol. The highest BCUT2D eigenvalue weighted by atomic mass is 16.3. The van der Waals surface area contributed by atoms with E-state index in [2.05, 4.69) is 0 Å². The van der Waals surface area contributed by atoms with Crippen LogP contribution in [0.2, 0.25) is 0 Å². The van der Waals surface area contributed by atoms with Crippen molar-refractivity contribution in [1.29, 1.82) is 0 Å². The quantitative estimate of drug-likeness (QED) is 0.824. The number of benzene rings is 2. The minimum Gasteiger partial charge on any atom is -0.392 e. The van der Waals surface area contributed by atoms with Crippen LogP contribution in [0.5, 0.6) is 0 Å². The lowest BCUT2D eigenvalue weighted by molar-refractivity contribution is 0.0711. The van der Waals surface area contributed by atoms with Gasteiger partial charge in [-0.3, -0.25) is 4.79 Å². The number of carbonyl (C=O) groups excluding carboxylic acids is 1. The number of rotatable bonds is 5. The van der Waals surface area contributed by atoms with Gasteiger partial charge in [0.15, 0.2) is 0 Å². The molecule has 0 radical (unpaired) electrons. The van der Waals surface area contributed by atoms with Crippen LogP contribution in [0.1, 0.15) is 28.4 Å². The van der Waals surface area contributed by atoms with Gasteiger partial charge in [0, 0.05) is 24.7 Å². The number of amides is 1. The molecule has 1 amide bonds. The maximum atomic E-state index is 13.2. The molecule has 2 aliphatic heterocycles. The van der Waals surface area contributed by atoms with Crippen molar-refractivity contribution in [3.05, 3.63) is 95.2 Å². The first-order valence-electron chi connectivity index (χ1n) is 9.58. The molecule has 6 nitrogen and oxygen atoms in total. The predicted molar refractivity (Wildman–Crippen MR) is 111 cm³/mol. The Morgan fingerprint density at radius 1 is 1.03 bits per heavy atom. The van der Waals surface area contributed by atoms with Crippen LogP contribution < -0.4 is 0 Å². The zero-order valence-electron chi connectivity index (χ0n) is 16.0. The minimum absolute atomic E-state index is 0.123. The summed E-state index contributed by atoms with van der Waals surface area (Å²) in [5.74, 6) is -0.150. The Kier molecular flexibility index (Phi) is 5.55. The Morgan fingerprint density at radius 2 is 1.72 bits per heavy atom. The smallest absolute Gasteiger partial charge is 0.274 e. The standard InChI is InChI=1S/C23H23N3O3/c27-15-17-11-20(14-25(13-17)16-28)21-12-22(18-7-3-1-4-8-18)26(24-21)23(29)19-9-5-2-6-10-19/h1-11,13,22,27-28H,12,14-16H2. The lowest BCUT2D eigenvalue weighted by Gasteiger charge is -2.24. The first-order chi connectivity index (χ1) is 14.2. The lowest BCUT2D eigenvalue weighted by atomic mass is 9.96. The average molecular weight is 389 g/mol. The third-order valence-corrected chi connectivity index (χ3v) is 5.14. The van der Waals surface area contributed by atoms with E-state index in [9.17, 15) is 15.0 Å². The van der Waals surface area contributed by atoms with Gasteiger partial charge < -0.3 is 15.1 Å². The van der Waals surface area contributed by atoms with Gasteiger partial charge in [0.25, 0.3) is 5.91 Å². The minimum atomic E-state index is -0.203. The Bertz CT molecular complexity index is 967. The van der Waals surface area contributed by atoms with Gasteiger partial charge in [-0.05, 0) is 34.9 Å². The molecule has 2 heterocycles. The van der Waals surface area contributed by atoms with E-state index in [1.54, 1.807) is 28.2 Å². The summed E-state index contributed by atoms with van der Waals surface area (Å²) in [5.41, 5.74) is 4.00. The summed E-state index contributed by atoms with van der Waals surface area (Å²) in [6.07, 6.45) is 4.20. The summed E-state index contributed by atoms with van der Waals surface area (Å²) >= 11 is 0. The third-order valence-electron chi connectivity index (χ3n) is 5.14. The highest BCUT2D eigenvalue weighted by Gasteiger charge is 2.34. The Balaban J connectivity index is 1.70. The molecule has 6 heteroatoms. The lowest BCUT2D eigenvalue weighted by Crippen LogP contribution is -2.27. The number of aliphatic hydroxyl groups is 2. The summed E-state index contributed by atoms with van der Waals surface area (Å²) in [6, 6.07) is 18.8. The summed E-state index contributed by atoms with van der Waals surface area (Å²) in [5, 5.41) is 25.4. The van der Waals surface area contributed by atoms with E-state index in [0.29, 0.717) is 24.1 Å². The second-order valence-corrected chi connectivity index (χ2v) is 7.11. The van der Waals surface area contributed by atoms with Gasteiger partial charge in [-0.25, -0.2) is 5.01 Å².